The van der Waals surface area contributed by atoms with Gasteiger partial charge in [0.15, 0.2) is 0 Å². The molecule has 0 amide bonds. The maximum atomic E-state index is 4.19. The first kappa shape index (κ1) is 8.66. The first-order valence-electron chi connectivity index (χ1n) is 4.72. The van der Waals surface area contributed by atoms with Crippen molar-refractivity contribution in [1.29, 1.82) is 0 Å². The van der Waals surface area contributed by atoms with Crippen molar-refractivity contribution >= 4 is 0 Å². The maximum absolute atomic E-state index is 4.19. The highest BCUT2D eigenvalue weighted by Crippen LogP contribution is 2.13. The molecule has 3 nitrogen and oxygen atoms in total. The van der Waals surface area contributed by atoms with Gasteiger partial charge in [0.2, 0.25) is 0 Å². The molecule has 13 heavy (non-hydrogen) atoms. The Labute approximate surface area is 78.6 Å². The molecule has 2 N–H and O–H groups in total. The average Bonchev–Trinajstić information content (AvgIpc) is 2.19. The topological polar surface area (TPSA) is 37.0 Å². The summed E-state index contributed by atoms with van der Waals surface area (Å²) in [7, 11) is 0. The molecule has 1 aromatic heterocycles. The number of aryl methyl sites for hydroxylation is 1. The van der Waals surface area contributed by atoms with Gasteiger partial charge in [-0.3, -0.25) is 4.98 Å². The Balaban J connectivity index is 2.14. The van der Waals surface area contributed by atoms with E-state index in [0.717, 1.165) is 19.6 Å². The molecule has 2 heterocycles. The maximum Gasteiger partial charge on any atom is 0.0462 e. The van der Waals surface area contributed by atoms with Gasteiger partial charge in [-0.1, -0.05) is 6.07 Å². The predicted molar refractivity (Wildman–Crippen MR) is 52.6 cm³/mol. The van der Waals surface area contributed by atoms with Gasteiger partial charge in [-0.15, -0.1) is 0 Å². The summed E-state index contributed by atoms with van der Waals surface area (Å²) in [6, 6.07) is 2.62. The lowest BCUT2D eigenvalue weighted by molar-refractivity contribution is 0.429. The van der Waals surface area contributed by atoms with Crippen LogP contribution in [0.4, 0.5) is 0 Å². The Bertz CT molecular complexity index is 279. The second kappa shape index (κ2) is 3.85. The van der Waals surface area contributed by atoms with Crippen LogP contribution in [-0.2, 0) is 0 Å². The monoisotopic (exact) mass is 177 g/mol. The van der Waals surface area contributed by atoms with Crippen molar-refractivity contribution in [3.63, 3.8) is 0 Å². The third kappa shape index (κ3) is 2.05. The van der Waals surface area contributed by atoms with Gasteiger partial charge in [0.05, 0.1) is 0 Å². The molecule has 1 atom stereocenters. The fourth-order valence-corrected chi connectivity index (χ4v) is 1.66. The lowest BCUT2D eigenvalue weighted by atomic mass is 10.1. The summed E-state index contributed by atoms with van der Waals surface area (Å²) in [6.07, 6.45) is 3.83. The molecule has 1 saturated heterocycles. The van der Waals surface area contributed by atoms with Crippen LogP contribution in [0.2, 0.25) is 0 Å². The normalized spacial score (nSPS) is 23.0. The molecular weight excluding hydrogens is 162 g/mol. The smallest absolute Gasteiger partial charge is 0.0462 e. The molecule has 0 aliphatic carbocycles. The van der Waals surface area contributed by atoms with E-state index in [-0.39, 0.29) is 0 Å². The minimum atomic E-state index is 0.432. The summed E-state index contributed by atoms with van der Waals surface area (Å²) < 4.78 is 0. The molecule has 0 aromatic carbocycles. The molecule has 1 fully saturated rings. The minimum Gasteiger partial charge on any atom is -0.314 e. The highest BCUT2D eigenvalue weighted by atomic mass is 15.1. The van der Waals surface area contributed by atoms with Gasteiger partial charge in [0, 0.05) is 38.1 Å². The van der Waals surface area contributed by atoms with Crippen LogP contribution in [0.3, 0.4) is 0 Å². The molecule has 1 unspecified atom stereocenters. The van der Waals surface area contributed by atoms with Crippen molar-refractivity contribution < 1.29 is 0 Å². The summed E-state index contributed by atoms with van der Waals surface area (Å²) in [5.74, 6) is 0. The van der Waals surface area contributed by atoms with Crippen molar-refractivity contribution in [2.45, 2.75) is 13.0 Å². The van der Waals surface area contributed by atoms with Crippen molar-refractivity contribution in [2.24, 2.45) is 0 Å². The number of aromatic nitrogens is 1. The van der Waals surface area contributed by atoms with E-state index in [1.54, 1.807) is 0 Å². The third-order valence-electron chi connectivity index (χ3n) is 2.34. The van der Waals surface area contributed by atoms with Crippen LogP contribution < -0.4 is 10.6 Å². The number of hydrogen-bond acceptors (Lipinski definition) is 3. The Morgan fingerprint density at radius 3 is 3.00 bits per heavy atom. The highest BCUT2D eigenvalue weighted by Gasteiger charge is 2.13. The van der Waals surface area contributed by atoms with E-state index < -0.39 is 0 Å². The summed E-state index contributed by atoms with van der Waals surface area (Å²) >= 11 is 0. The lowest BCUT2D eigenvalue weighted by Gasteiger charge is -2.24. The molecule has 0 bridgehead atoms. The van der Waals surface area contributed by atoms with Crippen molar-refractivity contribution in [3.8, 4) is 0 Å². The van der Waals surface area contributed by atoms with Crippen LogP contribution in [0.25, 0.3) is 0 Å². The molecule has 0 saturated carbocycles. The number of rotatable bonds is 1. The van der Waals surface area contributed by atoms with Crippen LogP contribution in [0, 0.1) is 6.92 Å². The van der Waals surface area contributed by atoms with Gasteiger partial charge < -0.3 is 10.6 Å². The number of piperazine rings is 1. The second-order valence-corrected chi connectivity index (χ2v) is 3.51. The zero-order valence-corrected chi connectivity index (χ0v) is 7.88. The molecule has 1 aliphatic heterocycles. The average molecular weight is 177 g/mol. The Hall–Kier alpha value is -0.930. The quantitative estimate of drug-likeness (QED) is 0.660. The molecule has 70 valence electrons. The SMILES string of the molecule is Cc1cncc(C2CNCCN2)c1. The Kier molecular flexibility index (Phi) is 2.57. The van der Waals surface area contributed by atoms with E-state index in [0.29, 0.717) is 6.04 Å². The van der Waals surface area contributed by atoms with Gasteiger partial charge in [-0.2, -0.15) is 0 Å². The molecule has 0 spiro atoms. The third-order valence-corrected chi connectivity index (χ3v) is 2.34. The molecule has 1 aromatic rings. The van der Waals surface area contributed by atoms with Crippen LogP contribution in [-0.4, -0.2) is 24.6 Å². The van der Waals surface area contributed by atoms with Crippen molar-refractivity contribution in [2.75, 3.05) is 19.6 Å². The van der Waals surface area contributed by atoms with Gasteiger partial charge in [-0.05, 0) is 18.1 Å². The van der Waals surface area contributed by atoms with E-state index in [1.165, 1.54) is 11.1 Å². The number of nitrogens with zero attached hydrogens (tertiary/aromatic N) is 1. The zero-order chi connectivity index (χ0) is 9.10. The lowest BCUT2D eigenvalue weighted by Crippen LogP contribution is -2.42. The van der Waals surface area contributed by atoms with E-state index in [1.807, 2.05) is 12.4 Å². The van der Waals surface area contributed by atoms with Crippen molar-refractivity contribution in [3.05, 3.63) is 29.6 Å². The van der Waals surface area contributed by atoms with E-state index in [4.69, 9.17) is 0 Å². The number of pyridine rings is 1. The molecule has 1 aliphatic rings. The molecule has 3 heteroatoms. The Morgan fingerprint density at radius 1 is 1.38 bits per heavy atom. The van der Waals surface area contributed by atoms with E-state index in [2.05, 4.69) is 28.6 Å². The van der Waals surface area contributed by atoms with Crippen LogP contribution in [0.5, 0.6) is 0 Å². The number of nitrogens with one attached hydrogen (secondary N) is 2. The first-order chi connectivity index (χ1) is 6.36. The minimum absolute atomic E-state index is 0.432. The van der Waals surface area contributed by atoms with Gasteiger partial charge in [0.25, 0.3) is 0 Å². The van der Waals surface area contributed by atoms with Crippen LogP contribution in [0.15, 0.2) is 18.5 Å². The predicted octanol–water partition coefficient (Wildman–Crippen LogP) is 0.624. The summed E-state index contributed by atoms with van der Waals surface area (Å²) in [6.45, 7) is 5.19. The zero-order valence-electron chi connectivity index (χ0n) is 7.88. The van der Waals surface area contributed by atoms with Gasteiger partial charge in [0.1, 0.15) is 0 Å². The van der Waals surface area contributed by atoms with Crippen molar-refractivity contribution in [1.82, 2.24) is 15.6 Å². The first-order valence-corrected chi connectivity index (χ1v) is 4.72. The summed E-state index contributed by atoms with van der Waals surface area (Å²) in [4.78, 5) is 4.19. The Morgan fingerprint density at radius 2 is 2.31 bits per heavy atom. The summed E-state index contributed by atoms with van der Waals surface area (Å²) in [5.41, 5.74) is 2.51. The van der Waals surface area contributed by atoms with E-state index in [9.17, 15) is 0 Å². The fraction of sp³-hybridized carbons (Fsp3) is 0.500. The second-order valence-electron chi connectivity index (χ2n) is 3.51. The molecule has 0 radical (unpaired) electrons. The van der Waals surface area contributed by atoms with Gasteiger partial charge >= 0.3 is 0 Å². The van der Waals surface area contributed by atoms with Crippen LogP contribution in [0.1, 0.15) is 17.2 Å². The largest absolute Gasteiger partial charge is 0.314 e. The standard InChI is InChI=1S/C10H15N3/c1-8-4-9(6-12-5-8)10-7-11-2-3-13-10/h4-6,10-11,13H,2-3,7H2,1H3. The van der Waals surface area contributed by atoms with Crippen LogP contribution >= 0.6 is 0 Å². The highest BCUT2D eigenvalue weighted by molar-refractivity contribution is 5.20. The van der Waals surface area contributed by atoms with E-state index >= 15 is 0 Å². The number of hydrogen-bond donors (Lipinski definition) is 2. The van der Waals surface area contributed by atoms with Gasteiger partial charge in [-0.25, -0.2) is 0 Å². The fourth-order valence-electron chi connectivity index (χ4n) is 1.66. The molecule has 2 rings (SSSR count). The molecular formula is C10H15N3. The summed E-state index contributed by atoms with van der Waals surface area (Å²) in [5, 5.41) is 6.82.